The number of sulfonamides is 1. The second-order valence-corrected chi connectivity index (χ2v) is 9.06. The van der Waals surface area contributed by atoms with Gasteiger partial charge in [0.2, 0.25) is 15.9 Å². The summed E-state index contributed by atoms with van der Waals surface area (Å²) in [6.45, 7) is 6.28. The number of benzene rings is 2. The lowest BCUT2D eigenvalue weighted by Gasteiger charge is -2.30. The number of carbonyl (C=O) groups excluding carboxylic acids is 1. The average Bonchev–Trinajstić information content (AvgIpc) is 2.63. The van der Waals surface area contributed by atoms with Crippen molar-refractivity contribution >= 4 is 21.6 Å². The van der Waals surface area contributed by atoms with Crippen molar-refractivity contribution in [2.24, 2.45) is 0 Å². The number of aryl methyl sites for hydroxylation is 3. The molecule has 2 aromatic rings. The Hall–Kier alpha value is -2.34. The Kier molecular flexibility index (Phi) is 7.63. The van der Waals surface area contributed by atoms with Gasteiger partial charge in [-0.25, -0.2) is 8.42 Å². The number of rotatable bonds is 9. The van der Waals surface area contributed by atoms with Crippen molar-refractivity contribution in [3.8, 4) is 0 Å². The van der Waals surface area contributed by atoms with Crippen molar-refractivity contribution in [3.05, 3.63) is 65.2 Å². The van der Waals surface area contributed by atoms with Crippen molar-refractivity contribution in [3.63, 3.8) is 0 Å². The first-order valence-electron chi connectivity index (χ1n) is 9.61. The van der Waals surface area contributed by atoms with Gasteiger partial charge in [-0.1, -0.05) is 48.9 Å². The molecule has 6 heteroatoms. The van der Waals surface area contributed by atoms with E-state index in [0.29, 0.717) is 18.7 Å². The summed E-state index contributed by atoms with van der Waals surface area (Å²) in [5, 5.41) is 2.91. The Balaban J connectivity index is 2.04. The normalized spacial score (nSPS) is 12.4. The summed E-state index contributed by atoms with van der Waals surface area (Å²) < 4.78 is 26.1. The van der Waals surface area contributed by atoms with Crippen molar-refractivity contribution in [1.29, 1.82) is 0 Å². The minimum absolute atomic E-state index is 0.265. The summed E-state index contributed by atoms with van der Waals surface area (Å²) in [5.41, 5.74) is 3.91. The Morgan fingerprint density at radius 1 is 1.07 bits per heavy atom. The first-order chi connectivity index (χ1) is 13.2. The van der Waals surface area contributed by atoms with Crippen LogP contribution in [-0.2, 0) is 21.2 Å². The van der Waals surface area contributed by atoms with Gasteiger partial charge in [0.25, 0.3) is 0 Å². The fraction of sp³-hybridized carbons (Fsp3) is 0.409. The van der Waals surface area contributed by atoms with Gasteiger partial charge in [0.05, 0.1) is 11.9 Å². The summed E-state index contributed by atoms with van der Waals surface area (Å²) in [6, 6.07) is 14.8. The lowest BCUT2D eigenvalue weighted by atomic mass is 10.1. The Labute approximate surface area is 168 Å². The van der Waals surface area contributed by atoms with Crippen LogP contribution >= 0.6 is 0 Å². The van der Waals surface area contributed by atoms with E-state index in [9.17, 15) is 13.2 Å². The van der Waals surface area contributed by atoms with Gasteiger partial charge in [0, 0.05) is 6.54 Å². The molecular formula is C22H30N2O3S. The molecule has 0 heterocycles. The highest BCUT2D eigenvalue weighted by Crippen LogP contribution is 2.23. The molecule has 0 unspecified atom stereocenters. The maximum atomic E-state index is 12.8. The number of nitrogens with one attached hydrogen (secondary N) is 1. The number of anilines is 1. The molecule has 0 bridgehead atoms. The van der Waals surface area contributed by atoms with E-state index in [1.54, 1.807) is 18.2 Å². The molecule has 0 radical (unpaired) electrons. The Morgan fingerprint density at radius 2 is 1.75 bits per heavy atom. The number of hydrogen-bond donors (Lipinski definition) is 1. The topological polar surface area (TPSA) is 66.5 Å². The van der Waals surface area contributed by atoms with E-state index in [-0.39, 0.29) is 5.91 Å². The van der Waals surface area contributed by atoms with E-state index < -0.39 is 16.1 Å². The molecule has 0 aliphatic heterocycles. The highest BCUT2D eigenvalue weighted by Gasteiger charge is 2.31. The van der Waals surface area contributed by atoms with Gasteiger partial charge in [-0.3, -0.25) is 9.10 Å². The van der Waals surface area contributed by atoms with Gasteiger partial charge < -0.3 is 5.32 Å². The first kappa shape index (κ1) is 22.0. The van der Waals surface area contributed by atoms with E-state index in [1.165, 1.54) is 15.4 Å². The molecule has 0 fully saturated rings. The number of carbonyl (C=O) groups is 1. The van der Waals surface area contributed by atoms with Gasteiger partial charge in [0.15, 0.2) is 0 Å². The van der Waals surface area contributed by atoms with E-state index >= 15 is 0 Å². The van der Waals surface area contributed by atoms with Gasteiger partial charge >= 0.3 is 0 Å². The summed E-state index contributed by atoms with van der Waals surface area (Å²) in [6.07, 6.45) is 3.20. The van der Waals surface area contributed by atoms with Crippen LogP contribution in [0.2, 0.25) is 0 Å². The molecule has 0 saturated carbocycles. The minimum Gasteiger partial charge on any atom is -0.354 e. The van der Waals surface area contributed by atoms with E-state index in [4.69, 9.17) is 0 Å². The number of nitrogens with zero attached hydrogens (tertiary/aromatic N) is 1. The largest absolute Gasteiger partial charge is 0.354 e. The highest BCUT2D eigenvalue weighted by molar-refractivity contribution is 7.92. The predicted molar refractivity (Wildman–Crippen MR) is 115 cm³/mol. The molecule has 28 heavy (non-hydrogen) atoms. The van der Waals surface area contributed by atoms with Gasteiger partial charge in [-0.15, -0.1) is 0 Å². The molecule has 0 aliphatic carbocycles. The number of amides is 1. The molecule has 1 atom stereocenters. The molecule has 0 aromatic heterocycles. The van der Waals surface area contributed by atoms with E-state index in [0.717, 1.165) is 24.7 Å². The molecule has 0 spiro atoms. The van der Waals surface area contributed by atoms with Gasteiger partial charge in [0.1, 0.15) is 6.04 Å². The van der Waals surface area contributed by atoms with Crippen molar-refractivity contribution < 1.29 is 13.2 Å². The first-order valence-corrected chi connectivity index (χ1v) is 11.5. The van der Waals surface area contributed by atoms with Crippen LogP contribution < -0.4 is 9.62 Å². The predicted octanol–water partition coefficient (Wildman–Crippen LogP) is 3.60. The van der Waals surface area contributed by atoms with Crippen LogP contribution in [-0.4, -0.2) is 33.2 Å². The zero-order chi connectivity index (χ0) is 20.7. The summed E-state index contributed by atoms with van der Waals surface area (Å²) in [4.78, 5) is 12.8. The maximum Gasteiger partial charge on any atom is 0.243 e. The van der Waals surface area contributed by atoms with E-state index in [1.807, 2.05) is 19.9 Å². The summed E-state index contributed by atoms with van der Waals surface area (Å²) in [7, 11) is -3.60. The van der Waals surface area contributed by atoms with Gasteiger partial charge in [-0.05, 0) is 56.4 Å². The van der Waals surface area contributed by atoms with Crippen LogP contribution in [0.15, 0.2) is 48.5 Å². The lowest BCUT2D eigenvalue weighted by Crippen LogP contribution is -2.49. The second kappa shape index (κ2) is 9.73. The molecule has 1 N–H and O–H groups in total. The smallest absolute Gasteiger partial charge is 0.243 e. The molecule has 0 saturated heterocycles. The minimum atomic E-state index is -3.60. The Morgan fingerprint density at radius 3 is 2.32 bits per heavy atom. The zero-order valence-electron chi connectivity index (χ0n) is 17.1. The Bertz CT molecular complexity index is 892. The zero-order valence-corrected chi connectivity index (χ0v) is 17.9. The molecule has 2 rings (SSSR count). The molecule has 0 aliphatic rings. The third-order valence-corrected chi connectivity index (χ3v) is 5.83. The fourth-order valence-corrected chi connectivity index (χ4v) is 4.41. The number of hydrogen-bond acceptors (Lipinski definition) is 3. The third kappa shape index (κ3) is 6.09. The van der Waals surface area contributed by atoms with Crippen LogP contribution in [0.25, 0.3) is 0 Å². The quantitative estimate of drug-likeness (QED) is 0.652. The van der Waals surface area contributed by atoms with Crippen LogP contribution in [0.1, 0.15) is 36.5 Å². The standard InChI is InChI=1S/C22H30N2O3S/c1-5-21(24(28(4,26)27)20-10-6-8-18(3)16-20)22(25)23-15-7-9-19-13-11-17(2)12-14-19/h6,8,10-14,16,21H,5,7,9,15H2,1-4H3,(H,23,25)/t21-/m1/s1. The summed E-state index contributed by atoms with van der Waals surface area (Å²) >= 11 is 0. The van der Waals surface area contributed by atoms with Gasteiger partial charge in [-0.2, -0.15) is 0 Å². The lowest BCUT2D eigenvalue weighted by molar-refractivity contribution is -0.122. The fourth-order valence-electron chi connectivity index (χ4n) is 3.20. The van der Waals surface area contributed by atoms with E-state index in [2.05, 4.69) is 36.5 Å². The van der Waals surface area contributed by atoms with Crippen molar-refractivity contribution in [2.75, 3.05) is 17.1 Å². The summed E-state index contributed by atoms with van der Waals surface area (Å²) in [5.74, 6) is -0.265. The third-order valence-electron chi connectivity index (χ3n) is 4.65. The van der Waals surface area contributed by atoms with Crippen molar-refractivity contribution in [1.82, 2.24) is 5.32 Å². The molecule has 2 aromatic carbocycles. The van der Waals surface area contributed by atoms with Crippen molar-refractivity contribution in [2.45, 2.75) is 46.1 Å². The molecular weight excluding hydrogens is 372 g/mol. The van der Waals surface area contributed by atoms with Crippen LogP contribution in [0.3, 0.4) is 0 Å². The highest BCUT2D eigenvalue weighted by atomic mass is 32.2. The second-order valence-electron chi connectivity index (χ2n) is 7.20. The van der Waals surface area contributed by atoms with Crippen LogP contribution in [0.5, 0.6) is 0 Å². The van der Waals surface area contributed by atoms with Crippen LogP contribution in [0, 0.1) is 13.8 Å². The molecule has 5 nitrogen and oxygen atoms in total. The molecule has 1 amide bonds. The molecule has 152 valence electrons. The average molecular weight is 403 g/mol. The SMILES string of the molecule is CC[C@H](C(=O)NCCCc1ccc(C)cc1)N(c1cccc(C)c1)S(C)(=O)=O. The maximum absolute atomic E-state index is 12.8. The monoisotopic (exact) mass is 402 g/mol. The van der Waals surface area contributed by atoms with Crippen LogP contribution in [0.4, 0.5) is 5.69 Å².